The highest BCUT2D eigenvalue weighted by atomic mass is 32.1. The van der Waals surface area contributed by atoms with Gasteiger partial charge in [-0.1, -0.05) is 18.2 Å². The molecule has 26 heavy (non-hydrogen) atoms. The fourth-order valence-corrected chi connectivity index (χ4v) is 3.54. The summed E-state index contributed by atoms with van der Waals surface area (Å²) in [6.07, 6.45) is 1.82. The lowest BCUT2D eigenvalue weighted by Crippen LogP contribution is -1.92. The minimum Gasteiger partial charge on any atom is -0.454 e. The summed E-state index contributed by atoms with van der Waals surface area (Å²) in [4.78, 5) is 4.66. The van der Waals surface area contributed by atoms with Gasteiger partial charge < -0.3 is 9.47 Å². The summed E-state index contributed by atoms with van der Waals surface area (Å²) in [5.41, 5.74) is 5.85. The Hall–Kier alpha value is -3.10. The van der Waals surface area contributed by atoms with Crippen LogP contribution in [0.4, 0.5) is 0 Å². The first-order valence-corrected chi connectivity index (χ1v) is 9.07. The monoisotopic (exact) mass is 360 g/mol. The quantitative estimate of drug-likeness (QED) is 0.601. The number of aryl methyl sites for hydroxylation is 2. The number of nitriles is 1. The lowest BCUT2D eigenvalue weighted by molar-refractivity contribution is 0.174. The van der Waals surface area contributed by atoms with Crippen molar-refractivity contribution in [1.29, 1.82) is 5.26 Å². The Morgan fingerprint density at radius 2 is 1.96 bits per heavy atom. The fourth-order valence-electron chi connectivity index (χ4n) is 2.74. The number of thiazole rings is 1. The zero-order valence-corrected chi connectivity index (χ0v) is 15.3. The molecule has 0 bridgehead atoms. The molecule has 3 aromatic rings. The predicted octanol–water partition coefficient (Wildman–Crippen LogP) is 5.22. The van der Waals surface area contributed by atoms with Crippen molar-refractivity contribution in [2.24, 2.45) is 0 Å². The highest BCUT2D eigenvalue weighted by Crippen LogP contribution is 2.34. The molecule has 0 amide bonds. The molecule has 1 aromatic heterocycles. The fraction of sp³-hybridized carbons (Fsp3) is 0.143. The van der Waals surface area contributed by atoms with Crippen LogP contribution < -0.4 is 9.47 Å². The van der Waals surface area contributed by atoms with Crippen LogP contribution in [0.2, 0.25) is 0 Å². The van der Waals surface area contributed by atoms with Gasteiger partial charge in [-0.2, -0.15) is 5.26 Å². The molecule has 2 aromatic carbocycles. The molecule has 0 fully saturated rings. The predicted molar refractivity (Wildman–Crippen MR) is 103 cm³/mol. The van der Waals surface area contributed by atoms with Crippen molar-refractivity contribution < 1.29 is 9.47 Å². The highest BCUT2D eigenvalue weighted by molar-refractivity contribution is 7.11. The molecule has 0 radical (unpaired) electrons. The zero-order chi connectivity index (χ0) is 18.1. The molecule has 1 aliphatic rings. The van der Waals surface area contributed by atoms with E-state index in [4.69, 9.17) is 9.47 Å². The zero-order valence-electron chi connectivity index (χ0n) is 14.4. The van der Waals surface area contributed by atoms with Crippen LogP contribution in [0.1, 0.15) is 21.7 Å². The van der Waals surface area contributed by atoms with Crippen molar-refractivity contribution in [1.82, 2.24) is 4.98 Å². The van der Waals surface area contributed by atoms with Gasteiger partial charge in [0, 0.05) is 10.9 Å². The summed E-state index contributed by atoms with van der Waals surface area (Å²) in [6, 6.07) is 14.2. The van der Waals surface area contributed by atoms with Crippen LogP contribution in [0, 0.1) is 25.2 Å². The molecule has 0 N–H and O–H groups in total. The first-order valence-electron chi connectivity index (χ1n) is 8.19. The van der Waals surface area contributed by atoms with Gasteiger partial charge in [-0.3, -0.25) is 0 Å². The molecule has 0 unspecified atom stereocenters. The summed E-state index contributed by atoms with van der Waals surface area (Å²) in [5.74, 6) is 1.43. The Kier molecular flexibility index (Phi) is 4.19. The van der Waals surface area contributed by atoms with Crippen molar-refractivity contribution in [2.75, 3.05) is 6.79 Å². The van der Waals surface area contributed by atoms with E-state index in [0.29, 0.717) is 16.3 Å². The Bertz CT molecular complexity index is 1060. The Labute approximate surface area is 156 Å². The van der Waals surface area contributed by atoms with Gasteiger partial charge in [-0.25, -0.2) is 4.98 Å². The van der Waals surface area contributed by atoms with Crippen LogP contribution >= 0.6 is 11.3 Å². The topological polar surface area (TPSA) is 55.1 Å². The lowest BCUT2D eigenvalue weighted by atomic mass is 10.1. The number of benzene rings is 2. The second kappa shape index (κ2) is 6.66. The van der Waals surface area contributed by atoms with E-state index in [-0.39, 0.29) is 6.79 Å². The first-order chi connectivity index (χ1) is 12.6. The maximum Gasteiger partial charge on any atom is 0.231 e. The van der Waals surface area contributed by atoms with Gasteiger partial charge in [-0.05, 0) is 54.8 Å². The van der Waals surface area contributed by atoms with Crippen LogP contribution in [-0.4, -0.2) is 11.8 Å². The van der Waals surface area contributed by atoms with Gasteiger partial charge in [0.1, 0.15) is 11.1 Å². The van der Waals surface area contributed by atoms with Crippen LogP contribution in [0.3, 0.4) is 0 Å². The molecule has 0 spiro atoms. The molecular formula is C21H16N2O2S. The normalized spacial score (nSPS) is 12.9. The smallest absolute Gasteiger partial charge is 0.231 e. The van der Waals surface area contributed by atoms with Crippen molar-refractivity contribution in [2.45, 2.75) is 13.8 Å². The van der Waals surface area contributed by atoms with Crippen molar-refractivity contribution >= 4 is 23.0 Å². The first kappa shape index (κ1) is 16.4. The van der Waals surface area contributed by atoms with Gasteiger partial charge in [0.15, 0.2) is 11.5 Å². The molecule has 0 atom stereocenters. The second-order valence-electron chi connectivity index (χ2n) is 6.12. The third-order valence-electron chi connectivity index (χ3n) is 4.37. The maximum absolute atomic E-state index is 9.59. The number of nitrogens with zero attached hydrogens (tertiary/aromatic N) is 2. The number of fused-ring (bicyclic) bond motifs is 1. The van der Waals surface area contributed by atoms with Gasteiger partial charge in [0.2, 0.25) is 6.79 Å². The van der Waals surface area contributed by atoms with E-state index in [9.17, 15) is 5.26 Å². The Morgan fingerprint density at radius 3 is 2.77 bits per heavy atom. The molecule has 0 saturated heterocycles. The number of allylic oxidation sites excluding steroid dienone is 1. The summed E-state index contributed by atoms with van der Waals surface area (Å²) in [6.45, 7) is 4.42. The number of ether oxygens (including phenoxy) is 2. The number of rotatable bonds is 3. The molecule has 0 saturated carbocycles. The summed E-state index contributed by atoms with van der Waals surface area (Å²) < 4.78 is 10.7. The maximum atomic E-state index is 9.59. The van der Waals surface area contributed by atoms with Gasteiger partial charge >= 0.3 is 0 Å². The summed E-state index contributed by atoms with van der Waals surface area (Å²) in [5, 5.41) is 12.3. The lowest BCUT2D eigenvalue weighted by Gasteiger charge is -2.02. The van der Waals surface area contributed by atoms with Crippen molar-refractivity contribution in [3.8, 4) is 28.8 Å². The summed E-state index contributed by atoms with van der Waals surface area (Å²) in [7, 11) is 0. The molecule has 4 rings (SSSR count). The van der Waals surface area contributed by atoms with E-state index in [1.165, 1.54) is 22.5 Å². The van der Waals surface area contributed by atoms with E-state index >= 15 is 0 Å². The third-order valence-corrected chi connectivity index (χ3v) is 5.24. The average Bonchev–Trinajstić information content (AvgIpc) is 3.31. The summed E-state index contributed by atoms with van der Waals surface area (Å²) >= 11 is 1.47. The van der Waals surface area contributed by atoms with E-state index in [0.717, 1.165) is 22.6 Å². The van der Waals surface area contributed by atoms with Gasteiger partial charge in [0.25, 0.3) is 0 Å². The Balaban J connectivity index is 1.66. The van der Waals surface area contributed by atoms with E-state index < -0.39 is 0 Å². The Morgan fingerprint density at radius 1 is 1.12 bits per heavy atom. The van der Waals surface area contributed by atoms with E-state index in [1.807, 2.05) is 29.7 Å². The SMILES string of the molecule is Cc1ccc(-c2csc(C(C#N)=Cc3ccc4c(c3)OCO4)n2)cc1C. The molecule has 2 heterocycles. The molecule has 1 aliphatic heterocycles. The number of aromatic nitrogens is 1. The van der Waals surface area contributed by atoms with Crippen LogP contribution in [0.25, 0.3) is 22.9 Å². The molecular weight excluding hydrogens is 344 g/mol. The largest absolute Gasteiger partial charge is 0.454 e. The van der Waals surface area contributed by atoms with Crippen LogP contribution in [0.5, 0.6) is 11.5 Å². The molecule has 4 nitrogen and oxygen atoms in total. The van der Waals surface area contributed by atoms with Crippen molar-refractivity contribution in [3.05, 3.63) is 63.5 Å². The van der Waals surface area contributed by atoms with Crippen LogP contribution in [-0.2, 0) is 0 Å². The molecule has 128 valence electrons. The number of hydrogen-bond acceptors (Lipinski definition) is 5. The van der Waals surface area contributed by atoms with Gasteiger partial charge in [0.05, 0.1) is 11.3 Å². The third kappa shape index (κ3) is 3.07. The second-order valence-corrected chi connectivity index (χ2v) is 6.98. The van der Waals surface area contributed by atoms with Crippen LogP contribution in [0.15, 0.2) is 41.8 Å². The highest BCUT2D eigenvalue weighted by Gasteiger charge is 2.14. The standard InChI is InChI=1S/C21H16N2O2S/c1-13-3-5-16(7-14(13)2)18-11-26-21(23-18)17(10-22)8-15-4-6-19-20(9-15)25-12-24-19/h3-9,11H,12H2,1-2H3. The minimum atomic E-state index is 0.236. The average molecular weight is 360 g/mol. The van der Waals surface area contributed by atoms with E-state index in [1.54, 1.807) is 0 Å². The number of hydrogen-bond donors (Lipinski definition) is 0. The minimum absolute atomic E-state index is 0.236. The molecule has 0 aliphatic carbocycles. The molecule has 5 heteroatoms. The van der Waals surface area contributed by atoms with Gasteiger partial charge in [-0.15, -0.1) is 11.3 Å². The van der Waals surface area contributed by atoms with Crippen molar-refractivity contribution in [3.63, 3.8) is 0 Å². The van der Waals surface area contributed by atoms with E-state index in [2.05, 4.69) is 43.1 Å².